The van der Waals surface area contributed by atoms with Gasteiger partial charge < -0.3 is 15.2 Å². The molecule has 2 N–H and O–H groups in total. The van der Waals surface area contributed by atoms with Crippen molar-refractivity contribution in [1.82, 2.24) is 15.0 Å². The smallest absolute Gasteiger partial charge is 0.268 e. The maximum atomic E-state index is 6.01. The van der Waals surface area contributed by atoms with Gasteiger partial charge in [0.05, 0.1) is 10.9 Å². The maximum absolute atomic E-state index is 6.01. The van der Waals surface area contributed by atoms with Crippen LogP contribution in [-0.2, 0) is 6.42 Å². The van der Waals surface area contributed by atoms with E-state index in [2.05, 4.69) is 23.1 Å². The van der Waals surface area contributed by atoms with Gasteiger partial charge in [0, 0.05) is 6.54 Å². The summed E-state index contributed by atoms with van der Waals surface area (Å²) in [4.78, 5) is 7.45. The number of rotatable bonds is 5. The summed E-state index contributed by atoms with van der Waals surface area (Å²) in [6.45, 7) is 2.81. The van der Waals surface area contributed by atoms with Crippen molar-refractivity contribution >= 4 is 11.3 Å². The number of hydrogen-bond acceptors (Lipinski definition) is 6. The lowest BCUT2D eigenvalue weighted by molar-refractivity contribution is 0.357. The van der Waals surface area contributed by atoms with Crippen LogP contribution in [-0.4, -0.2) is 35.7 Å². The van der Waals surface area contributed by atoms with Gasteiger partial charge in [-0.25, -0.2) is 0 Å². The van der Waals surface area contributed by atoms with E-state index in [1.807, 2.05) is 24.4 Å². The summed E-state index contributed by atoms with van der Waals surface area (Å²) in [5, 5.41) is 6.01. The van der Waals surface area contributed by atoms with Gasteiger partial charge in [-0.15, -0.1) is 11.3 Å². The topological polar surface area (TPSA) is 68.2 Å². The van der Waals surface area contributed by atoms with Gasteiger partial charge in [0.25, 0.3) is 5.89 Å². The Balaban J connectivity index is 2.20. The molecular formula is C12H18N4OS. The molecular weight excluding hydrogens is 248 g/mol. The van der Waals surface area contributed by atoms with Gasteiger partial charge in [0.15, 0.2) is 5.82 Å². The van der Waals surface area contributed by atoms with Crippen molar-refractivity contribution in [2.45, 2.75) is 19.4 Å². The predicted octanol–water partition coefficient (Wildman–Crippen LogP) is 1.92. The number of likely N-dealkylation sites (N-methyl/N-ethyl adjacent to an activating group) is 1. The highest BCUT2D eigenvalue weighted by molar-refractivity contribution is 7.13. The summed E-state index contributed by atoms with van der Waals surface area (Å²) in [7, 11) is 3.94. The van der Waals surface area contributed by atoms with E-state index in [0.717, 1.165) is 11.3 Å². The van der Waals surface area contributed by atoms with Crippen molar-refractivity contribution in [3.8, 4) is 10.8 Å². The largest absolute Gasteiger partial charge is 0.333 e. The second-order valence-electron chi connectivity index (χ2n) is 4.45. The molecule has 98 valence electrons. The molecule has 6 heteroatoms. The molecule has 0 amide bonds. The Morgan fingerprint density at radius 2 is 2.28 bits per heavy atom. The molecule has 0 bridgehead atoms. The molecule has 0 aromatic carbocycles. The molecule has 0 spiro atoms. The fraction of sp³-hybridized carbons (Fsp3) is 0.500. The van der Waals surface area contributed by atoms with Gasteiger partial charge in [-0.05, 0) is 37.5 Å². The van der Waals surface area contributed by atoms with Gasteiger partial charge >= 0.3 is 0 Å². The highest BCUT2D eigenvalue weighted by Crippen LogP contribution is 2.29. The van der Waals surface area contributed by atoms with Crippen LogP contribution in [0.15, 0.2) is 16.0 Å². The van der Waals surface area contributed by atoms with E-state index < -0.39 is 0 Å². The van der Waals surface area contributed by atoms with Crippen LogP contribution in [0.5, 0.6) is 0 Å². The highest BCUT2D eigenvalue weighted by Gasteiger charge is 2.18. The van der Waals surface area contributed by atoms with Crippen LogP contribution >= 0.6 is 11.3 Å². The standard InChI is InChI=1S/C12H18N4OS/c1-4-8-5-6-18-10(8)12-14-11(15-17-12)9(13)7-16(2)3/h5-6,9H,4,7,13H2,1-3H3. The molecule has 0 aliphatic rings. The van der Waals surface area contributed by atoms with Gasteiger partial charge in [-0.1, -0.05) is 12.1 Å². The first kappa shape index (κ1) is 13.2. The highest BCUT2D eigenvalue weighted by atomic mass is 32.1. The summed E-state index contributed by atoms with van der Waals surface area (Å²) in [5.41, 5.74) is 7.24. The number of hydrogen-bond donors (Lipinski definition) is 1. The van der Waals surface area contributed by atoms with E-state index in [1.165, 1.54) is 5.56 Å². The average Bonchev–Trinajstić information content (AvgIpc) is 2.96. The van der Waals surface area contributed by atoms with Crippen molar-refractivity contribution in [2.75, 3.05) is 20.6 Å². The molecule has 2 rings (SSSR count). The molecule has 0 saturated heterocycles. The SMILES string of the molecule is CCc1ccsc1-c1nc(C(N)CN(C)C)no1. The minimum Gasteiger partial charge on any atom is -0.333 e. The Kier molecular flexibility index (Phi) is 4.11. The minimum atomic E-state index is -0.220. The van der Waals surface area contributed by atoms with Gasteiger partial charge in [0.1, 0.15) is 0 Å². The van der Waals surface area contributed by atoms with Crippen LogP contribution in [0.1, 0.15) is 24.4 Å². The van der Waals surface area contributed by atoms with Crippen LogP contribution in [0.2, 0.25) is 0 Å². The zero-order valence-electron chi connectivity index (χ0n) is 10.9. The zero-order chi connectivity index (χ0) is 13.1. The molecule has 1 atom stereocenters. The van der Waals surface area contributed by atoms with E-state index in [0.29, 0.717) is 18.3 Å². The predicted molar refractivity (Wildman–Crippen MR) is 72.5 cm³/mol. The number of thiophene rings is 1. The third-order valence-corrected chi connectivity index (χ3v) is 3.60. The lowest BCUT2D eigenvalue weighted by Crippen LogP contribution is -2.26. The molecule has 1 unspecified atom stereocenters. The molecule has 2 aromatic rings. The zero-order valence-corrected chi connectivity index (χ0v) is 11.7. The number of aromatic nitrogens is 2. The van der Waals surface area contributed by atoms with Crippen molar-refractivity contribution in [3.05, 3.63) is 22.8 Å². The number of nitrogens with two attached hydrogens (primary N) is 1. The Bertz CT molecular complexity index is 506. The first-order valence-corrected chi connectivity index (χ1v) is 6.80. The van der Waals surface area contributed by atoms with Crippen LogP contribution < -0.4 is 5.73 Å². The Morgan fingerprint density at radius 1 is 1.50 bits per heavy atom. The number of aryl methyl sites for hydroxylation is 1. The second-order valence-corrected chi connectivity index (χ2v) is 5.37. The molecule has 0 aliphatic carbocycles. The normalized spacial score (nSPS) is 13.2. The molecule has 18 heavy (non-hydrogen) atoms. The average molecular weight is 266 g/mol. The molecule has 2 aromatic heterocycles. The summed E-state index contributed by atoms with van der Waals surface area (Å²) < 4.78 is 5.31. The van der Waals surface area contributed by atoms with Crippen molar-refractivity contribution in [2.24, 2.45) is 5.73 Å². The fourth-order valence-corrected chi connectivity index (χ4v) is 2.67. The molecule has 2 heterocycles. The van der Waals surface area contributed by atoms with E-state index >= 15 is 0 Å². The van der Waals surface area contributed by atoms with E-state index in [1.54, 1.807) is 11.3 Å². The van der Waals surface area contributed by atoms with Crippen LogP contribution in [0.4, 0.5) is 0 Å². The van der Waals surface area contributed by atoms with Gasteiger partial charge in [0.2, 0.25) is 0 Å². The molecule has 0 aliphatic heterocycles. The Labute approximate surface area is 111 Å². The van der Waals surface area contributed by atoms with Gasteiger partial charge in [-0.3, -0.25) is 0 Å². The molecule has 0 radical (unpaired) electrons. The van der Waals surface area contributed by atoms with E-state index in [4.69, 9.17) is 10.3 Å². The van der Waals surface area contributed by atoms with Gasteiger partial charge in [-0.2, -0.15) is 4.98 Å². The van der Waals surface area contributed by atoms with Crippen molar-refractivity contribution < 1.29 is 4.52 Å². The first-order chi connectivity index (χ1) is 8.61. The van der Waals surface area contributed by atoms with Crippen LogP contribution in [0, 0.1) is 0 Å². The lowest BCUT2D eigenvalue weighted by Gasteiger charge is -2.12. The fourth-order valence-electron chi connectivity index (χ4n) is 1.75. The third-order valence-electron chi connectivity index (χ3n) is 2.66. The summed E-state index contributed by atoms with van der Waals surface area (Å²) in [6.07, 6.45) is 0.959. The summed E-state index contributed by atoms with van der Waals surface area (Å²) >= 11 is 1.62. The van der Waals surface area contributed by atoms with E-state index in [-0.39, 0.29) is 6.04 Å². The van der Waals surface area contributed by atoms with E-state index in [9.17, 15) is 0 Å². The van der Waals surface area contributed by atoms with Crippen LogP contribution in [0.3, 0.4) is 0 Å². The molecule has 0 saturated carbocycles. The maximum Gasteiger partial charge on any atom is 0.268 e. The van der Waals surface area contributed by atoms with Crippen molar-refractivity contribution in [3.63, 3.8) is 0 Å². The monoisotopic (exact) mass is 266 g/mol. The third kappa shape index (κ3) is 2.77. The number of nitrogens with zero attached hydrogens (tertiary/aromatic N) is 3. The quantitative estimate of drug-likeness (QED) is 0.895. The molecule has 5 nitrogen and oxygen atoms in total. The second kappa shape index (κ2) is 5.60. The van der Waals surface area contributed by atoms with Crippen LogP contribution in [0.25, 0.3) is 10.8 Å². The Morgan fingerprint density at radius 3 is 2.94 bits per heavy atom. The lowest BCUT2D eigenvalue weighted by atomic mass is 10.2. The summed E-state index contributed by atoms with van der Waals surface area (Å²) in [5.74, 6) is 1.14. The minimum absolute atomic E-state index is 0.220. The summed E-state index contributed by atoms with van der Waals surface area (Å²) in [6, 6.07) is 1.87. The first-order valence-electron chi connectivity index (χ1n) is 5.92. The van der Waals surface area contributed by atoms with Crippen molar-refractivity contribution in [1.29, 1.82) is 0 Å². The molecule has 0 fully saturated rings. The Hall–Kier alpha value is -1.24.